The molecule has 3 aliphatic rings. The fourth-order valence-electron chi connectivity index (χ4n) is 5.74. The lowest BCUT2D eigenvalue weighted by Crippen LogP contribution is -2.67. The van der Waals surface area contributed by atoms with Crippen molar-refractivity contribution in [3.8, 4) is 0 Å². The maximum absolute atomic E-state index is 13.5. The van der Waals surface area contributed by atoms with Gasteiger partial charge in [-0.2, -0.15) is 0 Å². The van der Waals surface area contributed by atoms with E-state index >= 15 is 0 Å². The van der Waals surface area contributed by atoms with Gasteiger partial charge >= 0.3 is 0 Å². The van der Waals surface area contributed by atoms with Crippen molar-refractivity contribution < 1.29 is 9.59 Å². The molecule has 1 unspecified atom stereocenters. The Bertz CT molecular complexity index is 866. The number of carbonyl (C=O) groups is 2. The second-order valence-corrected chi connectivity index (χ2v) is 8.73. The molecule has 1 atom stereocenters. The molecule has 1 aliphatic carbocycles. The Kier molecular flexibility index (Phi) is 4.64. The van der Waals surface area contributed by atoms with Crippen LogP contribution in [0.3, 0.4) is 0 Å². The Hall–Kier alpha value is -2.63. The molecule has 1 aromatic carbocycles. The Morgan fingerprint density at radius 2 is 1.79 bits per heavy atom. The summed E-state index contributed by atoms with van der Waals surface area (Å²) in [7, 11) is 0. The monoisotopic (exact) mass is 392 g/mol. The van der Waals surface area contributed by atoms with Gasteiger partial charge in [0, 0.05) is 19.1 Å². The molecular weight excluding hydrogens is 364 g/mol. The Balaban J connectivity index is 1.34. The topological polar surface area (TPSA) is 69.3 Å². The Labute approximate surface area is 171 Å². The maximum Gasteiger partial charge on any atom is 0.271 e. The van der Waals surface area contributed by atoms with Gasteiger partial charge in [-0.15, -0.1) is 0 Å². The van der Waals surface area contributed by atoms with E-state index in [4.69, 9.17) is 0 Å². The SMILES string of the molecule is O=C(c1cnc[nH]1)N1CCC(N2C(=O)C3(CCCCC3)C2c2ccccc2)CC1. The molecule has 1 spiro atoms. The number of amides is 2. The molecule has 2 amide bonds. The first kappa shape index (κ1) is 18.4. The number of β-lactam (4-membered cyclic amide) rings is 1. The summed E-state index contributed by atoms with van der Waals surface area (Å²) in [6.07, 6.45) is 10.4. The number of hydrogen-bond acceptors (Lipinski definition) is 3. The lowest BCUT2D eigenvalue weighted by molar-refractivity contribution is -0.186. The van der Waals surface area contributed by atoms with E-state index in [0.29, 0.717) is 24.7 Å². The van der Waals surface area contributed by atoms with Crippen LogP contribution in [0.15, 0.2) is 42.9 Å². The average molecular weight is 393 g/mol. The molecule has 2 aromatic rings. The molecule has 1 saturated carbocycles. The van der Waals surface area contributed by atoms with Crippen molar-refractivity contribution in [1.82, 2.24) is 19.8 Å². The molecule has 1 aromatic heterocycles. The third-order valence-corrected chi connectivity index (χ3v) is 7.20. The van der Waals surface area contributed by atoms with Crippen molar-refractivity contribution in [2.75, 3.05) is 13.1 Å². The molecule has 1 N–H and O–H groups in total. The molecule has 152 valence electrons. The lowest BCUT2D eigenvalue weighted by Gasteiger charge is -2.61. The van der Waals surface area contributed by atoms with Crippen molar-refractivity contribution in [2.24, 2.45) is 5.41 Å². The summed E-state index contributed by atoms with van der Waals surface area (Å²) in [4.78, 5) is 36.9. The molecule has 0 radical (unpaired) electrons. The minimum Gasteiger partial charge on any atom is -0.341 e. The first-order valence-corrected chi connectivity index (χ1v) is 10.9. The smallest absolute Gasteiger partial charge is 0.271 e. The maximum atomic E-state index is 13.5. The van der Waals surface area contributed by atoms with Crippen molar-refractivity contribution in [3.05, 3.63) is 54.1 Å². The predicted octanol–water partition coefficient (Wildman–Crippen LogP) is 3.55. The highest BCUT2D eigenvalue weighted by atomic mass is 16.2. The molecule has 3 fully saturated rings. The summed E-state index contributed by atoms with van der Waals surface area (Å²) in [5.74, 6) is 0.351. The summed E-state index contributed by atoms with van der Waals surface area (Å²) in [5.41, 5.74) is 1.61. The van der Waals surface area contributed by atoms with Crippen LogP contribution in [-0.2, 0) is 4.79 Å². The number of carbonyl (C=O) groups excluding carboxylic acids is 2. The number of aromatic amines is 1. The standard InChI is InChI=1S/C23H28N4O2/c28-21(19-15-24-16-25-19)26-13-9-18(10-14-26)27-20(17-7-3-1-4-8-17)23(22(27)29)11-5-2-6-12-23/h1,3-4,7-8,15-16,18,20H,2,5-6,9-14H2,(H,24,25). The highest BCUT2D eigenvalue weighted by molar-refractivity contribution is 5.92. The highest BCUT2D eigenvalue weighted by Crippen LogP contribution is 2.59. The minimum atomic E-state index is -0.192. The van der Waals surface area contributed by atoms with Gasteiger partial charge in [0.15, 0.2) is 0 Å². The van der Waals surface area contributed by atoms with Gasteiger partial charge in [0.2, 0.25) is 5.91 Å². The molecule has 3 heterocycles. The summed E-state index contributed by atoms with van der Waals surface area (Å²) >= 11 is 0. The molecule has 2 aliphatic heterocycles. The number of nitrogens with zero attached hydrogens (tertiary/aromatic N) is 3. The van der Waals surface area contributed by atoms with E-state index in [0.717, 1.165) is 38.5 Å². The second kappa shape index (κ2) is 7.32. The zero-order chi connectivity index (χ0) is 19.8. The molecule has 0 bridgehead atoms. The largest absolute Gasteiger partial charge is 0.341 e. The number of imidazole rings is 1. The van der Waals surface area contributed by atoms with E-state index < -0.39 is 0 Å². The Morgan fingerprint density at radius 3 is 2.45 bits per heavy atom. The van der Waals surface area contributed by atoms with Gasteiger partial charge < -0.3 is 14.8 Å². The molecule has 6 nitrogen and oxygen atoms in total. The quantitative estimate of drug-likeness (QED) is 0.812. The average Bonchev–Trinajstić information content (AvgIpc) is 3.33. The zero-order valence-corrected chi connectivity index (χ0v) is 16.7. The van der Waals surface area contributed by atoms with Gasteiger partial charge in [-0.25, -0.2) is 4.98 Å². The third-order valence-electron chi connectivity index (χ3n) is 7.20. The number of piperidine rings is 1. The van der Waals surface area contributed by atoms with Gasteiger partial charge in [0.1, 0.15) is 5.69 Å². The van der Waals surface area contributed by atoms with Gasteiger partial charge in [0.05, 0.1) is 24.0 Å². The number of benzene rings is 1. The second-order valence-electron chi connectivity index (χ2n) is 8.73. The molecule has 2 saturated heterocycles. The third kappa shape index (κ3) is 2.96. The first-order valence-electron chi connectivity index (χ1n) is 10.9. The van der Waals surface area contributed by atoms with Crippen LogP contribution in [0.5, 0.6) is 0 Å². The molecular formula is C23H28N4O2. The van der Waals surface area contributed by atoms with Crippen LogP contribution in [0.4, 0.5) is 0 Å². The number of nitrogens with one attached hydrogen (secondary N) is 1. The Morgan fingerprint density at radius 1 is 1.07 bits per heavy atom. The van der Waals surface area contributed by atoms with Crippen LogP contribution in [0.1, 0.15) is 67.0 Å². The van der Waals surface area contributed by atoms with Gasteiger partial charge in [-0.1, -0.05) is 49.6 Å². The van der Waals surface area contributed by atoms with Crippen molar-refractivity contribution in [1.29, 1.82) is 0 Å². The van der Waals surface area contributed by atoms with Crippen LogP contribution >= 0.6 is 0 Å². The predicted molar refractivity (Wildman–Crippen MR) is 109 cm³/mol. The van der Waals surface area contributed by atoms with Crippen molar-refractivity contribution in [2.45, 2.75) is 57.0 Å². The van der Waals surface area contributed by atoms with Gasteiger partial charge in [-0.3, -0.25) is 9.59 Å². The number of rotatable bonds is 3. The van der Waals surface area contributed by atoms with E-state index in [1.54, 1.807) is 6.20 Å². The molecule has 6 heteroatoms. The lowest BCUT2D eigenvalue weighted by atomic mass is 9.59. The van der Waals surface area contributed by atoms with Crippen molar-refractivity contribution in [3.63, 3.8) is 0 Å². The molecule has 5 rings (SSSR count). The summed E-state index contributed by atoms with van der Waals surface area (Å²) in [6, 6.07) is 11.0. The van der Waals surface area contributed by atoms with Gasteiger partial charge in [0.25, 0.3) is 5.91 Å². The summed E-state index contributed by atoms with van der Waals surface area (Å²) in [6.45, 7) is 1.36. The number of aromatic nitrogens is 2. The summed E-state index contributed by atoms with van der Waals surface area (Å²) < 4.78 is 0. The van der Waals surface area contributed by atoms with Crippen LogP contribution in [0.25, 0.3) is 0 Å². The van der Waals surface area contributed by atoms with E-state index in [2.05, 4.69) is 39.1 Å². The fourth-order valence-corrected chi connectivity index (χ4v) is 5.74. The van der Waals surface area contributed by atoms with Crippen molar-refractivity contribution >= 4 is 11.8 Å². The molecule has 29 heavy (non-hydrogen) atoms. The van der Waals surface area contributed by atoms with Crippen LogP contribution in [-0.4, -0.2) is 50.7 Å². The number of hydrogen-bond donors (Lipinski definition) is 1. The van der Waals surface area contributed by atoms with Crippen LogP contribution < -0.4 is 0 Å². The van der Waals surface area contributed by atoms with Crippen LogP contribution in [0.2, 0.25) is 0 Å². The van der Waals surface area contributed by atoms with E-state index in [1.807, 2.05) is 11.0 Å². The van der Waals surface area contributed by atoms with Crippen LogP contribution in [0, 0.1) is 5.41 Å². The van der Waals surface area contributed by atoms with E-state index in [1.165, 1.54) is 18.3 Å². The van der Waals surface area contributed by atoms with Gasteiger partial charge in [-0.05, 0) is 31.2 Å². The van der Waals surface area contributed by atoms with E-state index in [-0.39, 0.29) is 23.4 Å². The zero-order valence-electron chi connectivity index (χ0n) is 16.7. The number of H-pyrrole nitrogens is 1. The highest BCUT2D eigenvalue weighted by Gasteiger charge is 2.62. The normalized spacial score (nSPS) is 24.6. The summed E-state index contributed by atoms with van der Waals surface area (Å²) in [5, 5.41) is 0. The van der Waals surface area contributed by atoms with E-state index in [9.17, 15) is 9.59 Å². The first-order chi connectivity index (χ1) is 14.2. The number of likely N-dealkylation sites (tertiary alicyclic amines) is 2. The minimum absolute atomic E-state index is 0.000698. The fraction of sp³-hybridized carbons (Fsp3) is 0.522.